The lowest BCUT2D eigenvalue weighted by molar-refractivity contribution is -0.163. The smallest absolute Gasteiger partial charge is 0.412 e. The molecule has 1 saturated heterocycles. The van der Waals surface area contributed by atoms with E-state index in [0.717, 1.165) is 12.8 Å². The zero-order valence-corrected chi connectivity index (χ0v) is 11.6. The third kappa shape index (κ3) is 4.55. The van der Waals surface area contributed by atoms with Crippen LogP contribution in [0.4, 0.5) is 4.79 Å². The second-order valence-corrected chi connectivity index (χ2v) is 5.13. The van der Waals surface area contributed by atoms with Gasteiger partial charge in [0.15, 0.2) is 0 Å². The fourth-order valence-electron chi connectivity index (χ4n) is 2.22. The van der Waals surface area contributed by atoms with E-state index in [1.165, 1.54) is 6.92 Å². The molecule has 1 heterocycles. The van der Waals surface area contributed by atoms with Gasteiger partial charge in [0.1, 0.15) is 0 Å². The lowest BCUT2D eigenvalue weighted by Gasteiger charge is -2.33. The maximum absolute atomic E-state index is 11.8. The molecule has 1 fully saturated rings. The number of amides is 1. The van der Waals surface area contributed by atoms with Gasteiger partial charge >= 0.3 is 12.1 Å². The van der Waals surface area contributed by atoms with Crippen molar-refractivity contribution in [2.75, 3.05) is 13.1 Å². The van der Waals surface area contributed by atoms with Crippen molar-refractivity contribution in [3.05, 3.63) is 0 Å². The molecule has 1 unspecified atom stereocenters. The number of carbonyl (C=O) groups excluding carboxylic acids is 2. The van der Waals surface area contributed by atoms with E-state index in [0.29, 0.717) is 24.9 Å². The molecule has 5 nitrogen and oxygen atoms in total. The Balaban J connectivity index is 2.34. The first-order valence-electron chi connectivity index (χ1n) is 6.53. The number of esters is 1. The van der Waals surface area contributed by atoms with E-state index in [1.54, 1.807) is 11.8 Å². The van der Waals surface area contributed by atoms with Crippen LogP contribution in [0.15, 0.2) is 0 Å². The summed E-state index contributed by atoms with van der Waals surface area (Å²) in [5.74, 6) is 0.886. The molecule has 18 heavy (non-hydrogen) atoms. The van der Waals surface area contributed by atoms with Crippen molar-refractivity contribution in [1.29, 1.82) is 0 Å². The highest BCUT2D eigenvalue weighted by Crippen LogP contribution is 2.24. The third-order valence-electron chi connectivity index (χ3n) is 3.34. The number of rotatable bonds is 3. The van der Waals surface area contributed by atoms with Gasteiger partial charge in [-0.1, -0.05) is 13.8 Å². The second kappa shape index (κ2) is 6.61. The highest BCUT2D eigenvalue weighted by atomic mass is 16.7. The van der Waals surface area contributed by atoms with Gasteiger partial charge in [-0.15, -0.1) is 0 Å². The van der Waals surface area contributed by atoms with Gasteiger partial charge in [0, 0.05) is 26.9 Å². The largest absolute Gasteiger partial charge is 0.426 e. The number of piperidine rings is 1. The SMILES string of the molecule is CC(=O)OC(C)OC(=O)N1CCC(C(C)C)CC1. The summed E-state index contributed by atoms with van der Waals surface area (Å²) in [5, 5.41) is 0. The molecule has 104 valence electrons. The fourth-order valence-corrected chi connectivity index (χ4v) is 2.22. The Hall–Kier alpha value is -1.26. The van der Waals surface area contributed by atoms with Crippen LogP contribution in [0.3, 0.4) is 0 Å². The number of nitrogens with zero attached hydrogens (tertiary/aromatic N) is 1. The molecule has 1 rings (SSSR count). The molecule has 0 saturated carbocycles. The number of hydrogen-bond donors (Lipinski definition) is 0. The quantitative estimate of drug-likeness (QED) is 0.575. The molecular formula is C13H23NO4. The number of hydrogen-bond acceptors (Lipinski definition) is 4. The highest BCUT2D eigenvalue weighted by molar-refractivity contribution is 5.69. The van der Waals surface area contributed by atoms with Crippen molar-refractivity contribution in [3.63, 3.8) is 0 Å². The molecule has 0 N–H and O–H groups in total. The topological polar surface area (TPSA) is 55.8 Å². The maximum atomic E-state index is 11.8. The predicted molar refractivity (Wildman–Crippen MR) is 66.8 cm³/mol. The van der Waals surface area contributed by atoms with E-state index >= 15 is 0 Å². The summed E-state index contributed by atoms with van der Waals surface area (Å²) in [5.41, 5.74) is 0. The molecule has 1 aliphatic heterocycles. The number of likely N-dealkylation sites (tertiary alicyclic amines) is 1. The monoisotopic (exact) mass is 257 g/mol. The third-order valence-corrected chi connectivity index (χ3v) is 3.34. The summed E-state index contributed by atoms with van der Waals surface area (Å²) in [4.78, 5) is 24.2. The van der Waals surface area contributed by atoms with Crippen molar-refractivity contribution < 1.29 is 19.1 Å². The summed E-state index contributed by atoms with van der Waals surface area (Å²) >= 11 is 0. The molecule has 0 radical (unpaired) electrons. The van der Waals surface area contributed by atoms with Crippen LogP contribution in [0.5, 0.6) is 0 Å². The van der Waals surface area contributed by atoms with Gasteiger partial charge in [-0.3, -0.25) is 4.79 Å². The standard InChI is InChI=1S/C13H23NO4/c1-9(2)12-5-7-14(8-6-12)13(16)18-11(4)17-10(3)15/h9,11-12H,5-8H2,1-4H3. The van der Waals surface area contributed by atoms with Gasteiger partial charge in [-0.2, -0.15) is 0 Å². The summed E-state index contributed by atoms with van der Waals surface area (Å²) in [6.07, 6.45) is 0.799. The summed E-state index contributed by atoms with van der Waals surface area (Å²) in [7, 11) is 0. The van der Waals surface area contributed by atoms with Crippen molar-refractivity contribution in [3.8, 4) is 0 Å². The molecule has 1 atom stereocenters. The molecule has 5 heteroatoms. The molecule has 0 bridgehead atoms. The zero-order valence-electron chi connectivity index (χ0n) is 11.6. The minimum atomic E-state index is -0.821. The van der Waals surface area contributed by atoms with Crippen LogP contribution >= 0.6 is 0 Å². The molecular weight excluding hydrogens is 234 g/mol. The lowest BCUT2D eigenvalue weighted by atomic mass is 9.87. The Morgan fingerprint density at radius 1 is 1.11 bits per heavy atom. The first kappa shape index (κ1) is 14.8. The Labute approximate surface area is 108 Å². The summed E-state index contributed by atoms with van der Waals surface area (Å²) in [6, 6.07) is 0. The second-order valence-electron chi connectivity index (χ2n) is 5.13. The fraction of sp³-hybridized carbons (Fsp3) is 0.846. The van der Waals surface area contributed by atoms with E-state index in [-0.39, 0.29) is 0 Å². The van der Waals surface area contributed by atoms with Crippen molar-refractivity contribution in [2.45, 2.75) is 46.8 Å². The normalized spacial score (nSPS) is 18.6. The van der Waals surface area contributed by atoms with Crippen LogP contribution in [0, 0.1) is 11.8 Å². The Kier molecular flexibility index (Phi) is 5.44. The zero-order chi connectivity index (χ0) is 13.7. The van der Waals surface area contributed by atoms with E-state index in [4.69, 9.17) is 9.47 Å². The first-order chi connectivity index (χ1) is 8.40. The van der Waals surface area contributed by atoms with Gasteiger partial charge in [-0.05, 0) is 24.7 Å². The van der Waals surface area contributed by atoms with E-state index in [9.17, 15) is 9.59 Å². The van der Waals surface area contributed by atoms with Crippen molar-refractivity contribution in [2.24, 2.45) is 11.8 Å². The Morgan fingerprint density at radius 2 is 1.67 bits per heavy atom. The number of ether oxygens (including phenoxy) is 2. The van der Waals surface area contributed by atoms with Crippen LogP contribution in [-0.4, -0.2) is 36.3 Å². The highest BCUT2D eigenvalue weighted by Gasteiger charge is 2.26. The van der Waals surface area contributed by atoms with Gasteiger partial charge < -0.3 is 14.4 Å². The average Bonchev–Trinajstić information content (AvgIpc) is 2.27. The van der Waals surface area contributed by atoms with E-state index in [2.05, 4.69) is 13.8 Å². The predicted octanol–water partition coefficient (Wildman–Crippen LogP) is 2.40. The van der Waals surface area contributed by atoms with Crippen LogP contribution in [0.25, 0.3) is 0 Å². The lowest BCUT2D eigenvalue weighted by Crippen LogP contribution is -2.41. The molecule has 1 amide bonds. The van der Waals surface area contributed by atoms with Crippen LogP contribution in [0.2, 0.25) is 0 Å². The minimum Gasteiger partial charge on any atom is -0.426 e. The minimum absolute atomic E-state index is 0.397. The van der Waals surface area contributed by atoms with Crippen LogP contribution in [-0.2, 0) is 14.3 Å². The summed E-state index contributed by atoms with van der Waals surface area (Å²) < 4.78 is 9.80. The van der Waals surface area contributed by atoms with Gasteiger partial charge in [0.25, 0.3) is 0 Å². The van der Waals surface area contributed by atoms with Gasteiger partial charge in [-0.25, -0.2) is 4.79 Å². The van der Waals surface area contributed by atoms with Crippen molar-refractivity contribution >= 4 is 12.1 Å². The van der Waals surface area contributed by atoms with Gasteiger partial charge in [0.05, 0.1) is 0 Å². The number of carbonyl (C=O) groups is 2. The maximum Gasteiger partial charge on any atom is 0.412 e. The molecule has 0 aromatic heterocycles. The molecule has 0 aliphatic carbocycles. The molecule has 0 spiro atoms. The van der Waals surface area contributed by atoms with Crippen LogP contribution in [0.1, 0.15) is 40.5 Å². The molecule has 1 aliphatic rings. The summed E-state index contributed by atoms with van der Waals surface area (Å²) in [6.45, 7) is 8.68. The van der Waals surface area contributed by atoms with Gasteiger partial charge in [0.2, 0.25) is 6.29 Å². The Bertz CT molecular complexity index is 295. The van der Waals surface area contributed by atoms with E-state index in [1.807, 2.05) is 0 Å². The molecule has 0 aromatic rings. The van der Waals surface area contributed by atoms with E-state index < -0.39 is 18.4 Å². The van der Waals surface area contributed by atoms with Crippen LogP contribution < -0.4 is 0 Å². The first-order valence-corrected chi connectivity index (χ1v) is 6.53. The Morgan fingerprint density at radius 3 is 2.11 bits per heavy atom. The average molecular weight is 257 g/mol. The van der Waals surface area contributed by atoms with Crippen molar-refractivity contribution in [1.82, 2.24) is 4.90 Å². The molecule has 0 aromatic carbocycles.